The van der Waals surface area contributed by atoms with Gasteiger partial charge in [0, 0.05) is 12.6 Å². The molecule has 2 atom stereocenters. The van der Waals surface area contributed by atoms with Crippen LogP contribution in [0.3, 0.4) is 0 Å². The minimum absolute atomic E-state index is 0.244. The molecular weight excluding hydrogens is 190 g/mol. The van der Waals surface area contributed by atoms with E-state index in [1.54, 1.807) is 0 Å². The summed E-state index contributed by atoms with van der Waals surface area (Å²) in [4.78, 5) is 13.0. The molecule has 0 aliphatic heterocycles. The highest BCUT2D eigenvalue weighted by atomic mass is 16.4. The Hall–Kier alpha value is -0.570. The minimum Gasteiger partial charge on any atom is -0.480 e. The first-order valence-electron chi connectivity index (χ1n) is 6.11. The molecule has 86 valence electrons. The van der Waals surface area contributed by atoms with Gasteiger partial charge in [-0.15, -0.1) is 0 Å². The van der Waals surface area contributed by atoms with Crippen LogP contribution in [0.15, 0.2) is 0 Å². The van der Waals surface area contributed by atoms with Crippen molar-refractivity contribution in [3.8, 4) is 0 Å². The number of carboxylic acids is 1. The van der Waals surface area contributed by atoms with Crippen molar-refractivity contribution in [3.05, 3.63) is 0 Å². The van der Waals surface area contributed by atoms with E-state index >= 15 is 0 Å². The molecule has 0 aromatic heterocycles. The molecule has 0 amide bonds. The Morgan fingerprint density at radius 3 is 2.53 bits per heavy atom. The number of carboxylic acid groups (broad SMARTS) is 1. The molecule has 0 saturated heterocycles. The molecule has 15 heavy (non-hydrogen) atoms. The van der Waals surface area contributed by atoms with E-state index in [4.69, 9.17) is 5.11 Å². The molecule has 0 aromatic carbocycles. The maximum atomic E-state index is 10.8. The fourth-order valence-corrected chi connectivity index (χ4v) is 2.66. The Morgan fingerprint density at radius 2 is 2.07 bits per heavy atom. The van der Waals surface area contributed by atoms with E-state index in [0.717, 1.165) is 18.4 Å². The summed E-state index contributed by atoms with van der Waals surface area (Å²) in [5.74, 6) is 0.904. The summed E-state index contributed by atoms with van der Waals surface area (Å²) in [7, 11) is 0. The number of rotatable bonds is 5. The summed E-state index contributed by atoms with van der Waals surface area (Å²) in [6.45, 7) is 3.54. The van der Waals surface area contributed by atoms with Crippen LogP contribution in [0.2, 0.25) is 0 Å². The first-order chi connectivity index (χ1) is 7.15. The fraction of sp³-hybridized carbons (Fsp3) is 0.917. The molecule has 0 aromatic rings. The summed E-state index contributed by atoms with van der Waals surface area (Å²) in [5.41, 5.74) is 0. The molecule has 2 aliphatic rings. The zero-order valence-corrected chi connectivity index (χ0v) is 9.48. The molecule has 1 N–H and O–H groups in total. The second-order valence-electron chi connectivity index (χ2n) is 5.34. The number of carbonyl (C=O) groups is 1. The van der Waals surface area contributed by atoms with Crippen molar-refractivity contribution in [1.82, 2.24) is 4.90 Å². The van der Waals surface area contributed by atoms with Crippen LogP contribution in [0, 0.1) is 11.8 Å². The molecular formula is C12H21NO2. The maximum absolute atomic E-state index is 10.8. The first kappa shape index (κ1) is 10.9. The van der Waals surface area contributed by atoms with Gasteiger partial charge in [0.05, 0.1) is 6.54 Å². The zero-order chi connectivity index (χ0) is 10.8. The Morgan fingerprint density at radius 1 is 1.33 bits per heavy atom. The van der Waals surface area contributed by atoms with Crippen molar-refractivity contribution in [1.29, 1.82) is 0 Å². The fourth-order valence-electron chi connectivity index (χ4n) is 2.66. The normalized spacial score (nSPS) is 31.1. The van der Waals surface area contributed by atoms with Crippen LogP contribution in [0.25, 0.3) is 0 Å². The van der Waals surface area contributed by atoms with Gasteiger partial charge in [-0.05, 0) is 43.9 Å². The maximum Gasteiger partial charge on any atom is 0.317 e. The van der Waals surface area contributed by atoms with Crippen LogP contribution < -0.4 is 0 Å². The van der Waals surface area contributed by atoms with Gasteiger partial charge >= 0.3 is 5.97 Å². The van der Waals surface area contributed by atoms with E-state index in [0.29, 0.717) is 6.04 Å². The molecule has 3 heteroatoms. The second kappa shape index (κ2) is 4.52. The molecule has 0 heterocycles. The third kappa shape index (κ3) is 3.20. The van der Waals surface area contributed by atoms with Crippen molar-refractivity contribution < 1.29 is 9.90 Å². The van der Waals surface area contributed by atoms with E-state index in [9.17, 15) is 4.79 Å². The Bertz CT molecular complexity index is 238. The highest BCUT2D eigenvalue weighted by Crippen LogP contribution is 2.34. The van der Waals surface area contributed by atoms with E-state index in [-0.39, 0.29) is 6.54 Å². The summed E-state index contributed by atoms with van der Waals surface area (Å²) >= 11 is 0. The van der Waals surface area contributed by atoms with E-state index < -0.39 is 5.97 Å². The van der Waals surface area contributed by atoms with Crippen molar-refractivity contribution in [2.75, 3.05) is 13.1 Å². The van der Waals surface area contributed by atoms with Gasteiger partial charge in [-0.2, -0.15) is 0 Å². The van der Waals surface area contributed by atoms with Crippen LogP contribution in [0.1, 0.15) is 39.0 Å². The van der Waals surface area contributed by atoms with Gasteiger partial charge in [0.15, 0.2) is 0 Å². The predicted octanol–water partition coefficient (Wildman–Crippen LogP) is 1.97. The lowest BCUT2D eigenvalue weighted by Gasteiger charge is -2.27. The van der Waals surface area contributed by atoms with Crippen LogP contribution in [-0.2, 0) is 4.79 Å². The van der Waals surface area contributed by atoms with Crippen LogP contribution >= 0.6 is 0 Å². The molecule has 3 nitrogen and oxygen atoms in total. The van der Waals surface area contributed by atoms with Crippen molar-refractivity contribution in [2.45, 2.75) is 45.1 Å². The SMILES string of the molecule is CC1CCC(N(CC(=O)O)CC2CC2)C1. The first-order valence-corrected chi connectivity index (χ1v) is 6.11. The van der Waals surface area contributed by atoms with Gasteiger partial charge < -0.3 is 5.11 Å². The van der Waals surface area contributed by atoms with Crippen LogP contribution in [0.4, 0.5) is 0 Å². The van der Waals surface area contributed by atoms with E-state index in [1.807, 2.05) is 0 Å². The molecule has 0 radical (unpaired) electrons. The lowest BCUT2D eigenvalue weighted by molar-refractivity contribution is -0.139. The second-order valence-corrected chi connectivity index (χ2v) is 5.34. The number of hydrogen-bond donors (Lipinski definition) is 1. The summed E-state index contributed by atoms with van der Waals surface area (Å²) < 4.78 is 0. The van der Waals surface area contributed by atoms with Gasteiger partial charge in [0.25, 0.3) is 0 Å². The topological polar surface area (TPSA) is 40.5 Å². The van der Waals surface area contributed by atoms with Gasteiger partial charge in [0.2, 0.25) is 0 Å². The van der Waals surface area contributed by atoms with Gasteiger partial charge in [-0.1, -0.05) is 6.92 Å². The number of hydrogen-bond acceptors (Lipinski definition) is 2. The van der Waals surface area contributed by atoms with Crippen LogP contribution in [0.5, 0.6) is 0 Å². The number of nitrogens with zero attached hydrogens (tertiary/aromatic N) is 1. The van der Waals surface area contributed by atoms with E-state index in [1.165, 1.54) is 32.1 Å². The molecule has 0 spiro atoms. The summed E-state index contributed by atoms with van der Waals surface area (Å²) in [6, 6.07) is 0.539. The van der Waals surface area contributed by atoms with Crippen molar-refractivity contribution in [3.63, 3.8) is 0 Å². The monoisotopic (exact) mass is 211 g/mol. The Balaban J connectivity index is 1.87. The standard InChI is InChI=1S/C12H21NO2/c1-9-2-5-11(6-9)13(8-12(14)15)7-10-3-4-10/h9-11H,2-8H2,1H3,(H,14,15). The van der Waals surface area contributed by atoms with Crippen molar-refractivity contribution >= 4 is 5.97 Å². The smallest absolute Gasteiger partial charge is 0.317 e. The van der Waals surface area contributed by atoms with Gasteiger partial charge in [-0.25, -0.2) is 0 Å². The average Bonchev–Trinajstić information content (AvgIpc) is 2.85. The predicted molar refractivity (Wildman–Crippen MR) is 58.7 cm³/mol. The van der Waals surface area contributed by atoms with Crippen molar-refractivity contribution in [2.24, 2.45) is 11.8 Å². The van der Waals surface area contributed by atoms with Gasteiger partial charge in [-0.3, -0.25) is 9.69 Å². The molecule has 2 unspecified atom stereocenters. The Kier molecular flexibility index (Phi) is 3.29. The summed E-state index contributed by atoms with van der Waals surface area (Å²) in [5, 5.41) is 8.90. The molecule has 2 aliphatic carbocycles. The highest BCUT2D eigenvalue weighted by Gasteiger charge is 2.32. The molecule has 0 bridgehead atoms. The number of aliphatic carboxylic acids is 1. The highest BCUT2D eigenvalue weighted by molar-refractivity contribution is 5.69. The zero-order valence-electron chi connectivity index (χ0n) is 9.48. The lowest BCUT2D eigenvalue weighted by Crippen LogP contribution is -2.39. The quantitative estimate of drug-likeness (QED) is 0.756. The lowest BCUT2D eigenvalue weighted by atomic mass is 10.1. The van der Waals surface area contributed by atoms with Gasteiger partial charge in [0.1, 0.15) is 0 Å². The third-order valence-electron chi connectivity index (χ3n) is 3.71. The average molecular weight is 211 g/mol. The van der Waals surface area contributed by atoms with Crippen LogP contribution in [-0.4, -0.2) is 35.1 Å². The minimum atomic E-state index is -0.671. The Labute approximate surface area is 91.5 Å². The molecule has 2 rings (SSSR count). The summed E-state index contributed by atoms with van der Waals surface area (Å²) in [6.07, 6.45) is 6.27. The van der Waals surface area contributed by atoms with E-state index in [2.05, 4.69) is 11.8 Å². The molecule has 2 fully saturated rings. The third-order valence-corrected chi connectivity index (χ3v) is 3.71. The molecule has 2 saturated carbocycles. The largest absolute Gasteiger partial charge is 0.480 e.